The molecule has 1 aromatic carbocycles. The molecule has 1 atom stereocenters. The molecule has 2 heterocycles. The van der Waals surface area contributed by atoms with Crippen LogP contribution in [0, 0.1) is 5.92 Å². The van der Waals surface area contributed by atoms with Gasteiger partial charge >= 0.3 is 0 Å². The molecule has 3 rings (SSSR count). The molecule has 7 nitrogen and oxygen atoms in total. The lowest BCUT2D eigenvalue weighted by atomic mass is 10.00. The third kappa shape index (κ3) is 4.20. The molecule has 0 bridgehead atoms. The third-order valence-electron chi connectivity index (χ3n) is 4.85. The first-order valence-electron chi connectivity index (χ1n) is 8.60. The average molecular weight is 368 g/mol. The number of benzene rings is 1. The predicted octanol–water partition coefficient (Wildman–Crippen LogP) is 0.598. The van der Waals surface area contributed by atoms with E-state index in [1.165, 1.54) is 16.4 Å². The predicted molar refractivity (Wildman–Crippen MR) is 91.7 cm³/mol. The van der Waals surface area contributed by atoms with Crippen LogP contribution in [0.15, 0.2) is 29.2 Å². The maximum absolute atomic E-state index is 12.7. The van der Waals surface area contributed by atoms with Crippen LogP contribution in [-0.2, 0) is 14.8 Å². The highest BCUT2D eigenvalue weighted by Gasteiger charge is 2.29. The van der Waals surface area contributed by atoms with Crippen LogP contribution in [0.25, 0.3) is 0 Å². The first-order chi connectivity index (χ1) is 12.0. The second kappa shape index (κ2) is 7.82. The molecule has 2 N–H and O–H groups in total. The van der Waals surface area contributed by atoms with E-state index in [1.807, 2.05) is 0 Å². The van der Waals surface area contributed by atoms with Crippen LogP contribution in [0.3, 0.4) is 0 Å². The number of sulfonamides is 1. The lowest BCUT2D eigenvalue weighted by Gasteiger charge is -2.30. The fourth-order valence-corrected chi connectivity index (χ4v) is 4.65. The molecule has 2 saturated heterocycles. The maximum Gasteiger partial charge on any atom is 0.251 e. The van der Waals surface area contributed by atoms with Crippen molar-refractivity contribution >= 4 is 15.9 Å². The smallest absolute Gasteiger partial charge is 0.251 e. The number of amides is 1. The normalized spacial score (nSPS) is 22.8. The van der Waals surface area contributed by atoms with E-state index < -0.39 is 10.0 Å². The van der Waals surface area contributed by atoms with Gasteiger partial charge in [0.1, 0.15) is 0 Å². The molecule has 1 amide bonds. The third-order valence-corrected chi connectivity index (χ3v) is 6.76. The van der Waals surface area contributed by atoms with Gasteiger partial charge in [-0.3, -0.25) is 4.79 Å². The quantitative estimate of drug-likeness (QED) is 0.793. The number of hydrogen-bond acceptors (Lipinski definition) is 5. The SMILES string of the molecule is O=C(N[C@H]1CCOC1)c1ccc(S(=O)(=O)N2CCC(CO)CC2)cc1. The summed E-state index contributed by atoms with van der Waals surface area (Å²) in [4.78, 5) is 12.4. The molecule has 8 heteroatoms. The van der Waals surface area contributed by atoms with E-state index in [-0.39, 0.29) is 29.4 Å². The summed E-state index contributed by atoms with van der Waals surface area (Å²) in [7, 11) is -3.56. The molecule has 0 spiro atoms. The fourth-order valence-electron chi connectivity index (χ4n) is 3.18. The molecule has 2 aliphatic rings. The van der Waals surface area contributed by atoms with E-state index in [4.69, 9.17) is 9.84 Å². The summed E-state index contributed by atoms with van der Waals surface area (Å²) in [5, 5.41) is 12.0. The van der Waals surface area contributed by atoms with Crippen molar-refractivity contribution in [3.63, 3.8) is 0 Å². The molecule has 0 saturated carbocycles. The van der Waals surface area contributed by atoms with Crippen LogP contribution in [0.4, 0.5) is 0 Å². The molecule has 138 valence electrons. The number of hydrogen-bond donors (Lipinski definition) is 2. The van der Waals surface area contributed by atoms with Gasteiger partial charge in [-0.2, -0.15) is 4.31 Å². The summed E-state index contributed by atoms with van der Waals surface area (Å²) in [6, 6.07) is 6.06. The monoisotopic (exact) mass is 368 g/mol. The van der Waals surface area contributed by atoms with Crippen LogP contribution in [-0.4, -0.2) is 62.7 Å². The van der Waals surface area contributed by atoms with Crippen LogP contribution in [0.5, 0.6) is 0 Å². The zero-order valence-corrected chi connectivity index (χ0v) is 14.9. The standard InChI is InChI=1S/C17H24N2O5S/c20-11-13-5-8-19(9-6-13)25(22,23)16-3-1-14(2-4-16)17(21)18-15-7-10-24-12-15/h1-4,13,15,20H,5-12H2,(H,18,21)/t15-/m0/s1. The lowest BCUT2D eigenvalue weighted by molar-refractivity contribution is 0.0930. The lowest BCUT2D eigenvalue weighted by Crippen LogP contribution is -2.39. The van der Waals surface area contributed by atoms with Gasteiger partial charge in [0.25, 0.3) is 5.91 Å². The van der Waals surface area contributed by atoms with Gasteiger partial charge in [-0.05, 0) is 49.4 Å². The van der Waals surface area contributed by atoms with Crippen molar-refractivity contribution in [2.45, 2.75) is 30.2 Å². The average Bonchev–Trinajstić information content (AvgIpc) is 3.15. The van der Waals surface area contributed by atoms with E-state index in [1.54, 1.807) is 12.1 Å². The number of piperidine rings is 1. The Hall–Kier alpha value is -1.48. The Labute approximate surface area is 148 Å². The van der Waals surface area contributed by atoms with E-state index in [2.05, 4.69) is 5.32 Å². The van der Waals surface area contributed by atoms with Crippen molar-refractivity contribution in [1.29, 1.82) is 0 Å². The summed E-state index contributed by atoms with van der Waals surface area (Å²) in [6.07, 6.45) is 2.13. The summed E-state index contributed by atoms with van der Waals surface area (Å²) in [5.41, 5.74) is 0.435. The Morgan fingerprint density at radius 1 is 1.20 bits per heavy atom. The number of carbonyl (C=O) groups is 1. The van der Waals surface area contributed by atoms with Crippen molar-refractivity contribution in [2.24, 2.45) is 5.92 Å². The van der Waals surface area contributed by atoms with Crippen molar-refractivity contribution in [3.8, 4) is 0 Å². The highest BCUT2D eigenvalue weighted by atomic mass is 32.2. The maximum atomic E-state index is 12.7. The second-order valence-corrected chi connectivity index (χ2v) is 8.53. The van der Waals surface area contributed by atoms with Crippen LogP contribution < -0.4 is 5.32 Å². The number of nitrogens with one attached hydrogen (secondary N) is 1. The number of carbonyl (C=O) groups excluding carboxylic acids is 1. The summed E-state index contributed by atoms with van der Waals surface area (Å²) < 4.78 is 32.1. The topological polar surface area (TPSA) is 95.9 Å². The zero-order chi connectivity index (χ0) is 17.9. The number of nitrogens with zero attached hydrogens (tertiary/aromatic N) is 1. The van der Waals surface area contributed by atoms with E-state index >= 15 is 0 Å². The minimum atomic E-state index is -3.56. The highest BCUT2D eigenvalue weighted by Crippen LogP contribution is 2.23. The second-order valence-electron chi connectivity index (χ2n) is 6.59. The van der Waals surface area contributed by atoms with Crippen LogP contribution in [0.2, 0.25) is 0 Å². The molecular weight excluding hydrogens is 344 g/mol. The van der Waals surface area contributed by atoms with Crippen molar-refractivity contribution < 1.29 is 23.1 Å². The Bertz CT molecular complexity index is 690. The molecule has 1 aromatic rings. The number of aliphatic hydroxyl groups excluding tert-OH is 1. The largest absolute Gasteiger partial charge is 0.396 e. The Balaban J connectivity index is 1.65. The number of ether oxygens (including phenoxy) is 1. The number of rotatable bonds is 5. The van der Waals surface area contributed by atoms with Gasteiger partial charge < -0.3 is 15.2 Å². The fraction of sp³-hybridized carbons (Fsp3) is 0.588. The van der Waals surface area contributed by atoms with E-state index in [0.29, 0.717) is 44.7 Å². The minimum absolute atomic E-state index is 0.0173. The van der Waals surface area contributed by atoms with Crippen LogP contribution in [0.1, 0.15) is 29.6 Å². The van der Waals surface area contributed by atoms with Gasteiger partial charge in [-0.25, -0.2) is 8.42 Å². The van der Waals surface area contributed by atoms with Crippen molar-refractivity contribution in [1.82, 2.24) is 9.62 Å². The Morgan fingerprint density at radius 3 is 2.44 bits per heavy atom. The van der Waals surface area contributed by atoms with Crippen LogP contribution >= 0.6 is 0 Å². The first kappa shape index (κ1) is 18.3. The summed E-state index contributed by atoms with van der Waals surface area (Å²) in [5.74, 6) is -0.0414. The zero-order valence-electron chi connectivity index (χ0n) is 14.1. The van der Waals surface area contributed by atoms with E-state index in [9.17, 15) is 13.2 Å². The molecule has 0 radical (unpaired) electrons. The molecule has 0 unspecified atom stereocenters. The Kier molecular flexibility index (Phi) is 5.73. The first-order valence-corrected chi connectivity index (χ1v) is 10.0. The van der Waals surface area contributed by atoms with Gasteiger partial charge in [0.2, 0.25) is 10.0 Å². The summed E-state index contributed by atoms with van der Waals surface area (Å²) in [6.45, 7) is 2.09. The van der Waals surface area contributed by atoms with Gasteiger partial charge in [0.05, 0.1) is 17.5 Å². The van der Waals surface area contributed by atoms with Gasteiger partial charge in [0.15, 0.2) is 0 Å². The van der Waals surface area contributed by atoms with E-state index in [0.717, 1.165) is 6.42 Å². The summed E-state index contributed by atoms with van der Waals surface area (Å²) >= 11 is 0. The van der Waals surface area contributed by atoms with Gasteiger partial charge in [0, 0.05) is 31.9 Å². The number of aliphatic hydroxyl groups is 1. The minimum Gasteiger partial charge on any atom is -0.396 e. The molecule has 2 aliphatic heterocycles. The van der Waals surface area contributed by atoms with Crippen molar-refractivity contribution in [2.75, 3.05) is 32.9 Å². The van der Waals surface area contributed by atoms with Crippen molar-refractivity contribution in [3.05, 3.63) is 29.8 Å². The Morgan fingerprint density at radius 2 is 1.88 bits per heavy atom. The molecular formula is C17H24N2O5S. The molecule has 2 fully saturated rings. The molecule has 25 heavy (non-hydrogen) atoms. The van der Waals surface area contributed by atoms with Gasteiger partial charge in [-0.1, -0.05) is 0 Å². The molecule has 0 aromatic heterocycles. The molecule has 0 aliphatic carbocycles. The highest BCUT2D eigenvalue weighted by molar-refractivity contribution is 7.89. The van der Waals surface area contributed by atoms with Gasteiger partial charge in [-0.15, -0.1) is 0 Å².